The monoisotopic (exact) mass is 382 g/mol. The Kier molecular flexibility index (Phi) is 6.57. The topological polar surface area (TPSA) is 46.0 Å². The average Bonchev–Trinajstić information content (AvgIpc) is 2.70. The Labute approximate surface area is 168 Å². The van der Waals surface area contributed by atoms with Gasteiger partial charge in [-0.25, -0.2) is 0 Å². The summed E-state index contributed by atoms with van der Waals surface area (Å²) >= 11 is 0. The normalized spacial score (nSPS) is 15.0. The number of hydrogen-bond acceptors (Lipinski definition) is 3. The number of aryl methyl sites for hydroxylation is 1. The van der Waals surface area contributed by atoms with Crippen LogP contribution < -0.4 is 19.9 Å². The molecule has 3 rings (SSSR count). The third-order valence-corrected chi connectivity index (χ3v) is 5.50. The maximum absolute atomic E-state index is 12.7. The number of amides is 1. The van der Waals surface area contributed by atoms with Gasteiger partial charge in [-0.2, -0.15) is 0 Å². The Bertz CT molecular complexity index is 811. The molecule has 1 heterocycles. The molecule has 0 aliphatic carbocycles. The van der Waals surface area contributed by atoms with E-state index in [0.29, 0.717) is 12.5 Å². The van der Waals surface area contributed by atoms with E-state index in [-0.39, 0.29) is 5.91 Å². The van der Waals surface area contributed by atoms with E-state index in [1.54, 1.807) is 7.11 Å². The van der Waals surface area contributed by atoms with Crippen molar-refractivity contribution in [3.8, 4) is 5.75 Å². The van der Waals surface area contributed by atoms with Crippen molar-refractivity contribution in [3.05, 3.63) is 53.6 Å². The lowest BCUT2D eigenvalue weighted by Crippen LogP contribution is -3.15. The fraction of sp³-hybridized carbons (Fsp3) is 0.435. The molecule has 1 fully saturated rings. The molecule has 1 aliphatic rings. The van der Waals surface area contributed by atoms with Gasteiger partial charge in [-0.1, -0.05) is 44.2 Å². The van der Waals surface area contributed by atoms with Crippen molar-refractivity contribution in [2.24, 2.45) is 0 Å². The first-order chi connectivity index (χ1) is 13.5. The van der Waals surface area contributed by atoms with Crippen molar-refractivity contribution in [1.29, 1.82) is 0 Å². The summed E-state index contributed by atoms with van der Waals surface area (Å²) in [6, 6.07) is 14.3. The van der Waals surface area contributed by atoms with Gasteiger partial charge in [0.15, 0.2) is 6.54 Å². The van der Waals surface area contributed by atoms with Crippen LogP contribution in [-0.2, 0) is 4.79 Å². The zero-order valence-corrected chi connectivity index (χ0v) is 17.4. The molecule has 2 N–H and O–H groups in total. The molecule has 150 valence electrons. The number of anilines is 2. The van der Waals surface area contributed by atoms with E-state index in [9.17, 15) is 4.79 Å². The van der Waals surface area contributed by atoms with E-state index >= 15 is 0 Å². The first kappa shape index (κ1) is 20.2. The van der Waals surface area contributed by atoms with Crippen LogP contribution in [0.1, 0.15) is 30.9 Å². The first-order valence-electron chi connectivity index (χ1n) is 10.1. The number of nitrogens with zero attached hydrogens (tertiary/aromatic N) is 1. The molecule has 0 radical (unpaired) electrons. The van der Waals surface area contributed by atoms with Gasteiger partial charge in [0.05, 0.1) is 39.0 Å². The molecule has 0 saturated carbocycles. The van der Waals surface area contributed by atoms with Gasteiger partial charge in [0.25, 0.3) is 5.91 Å². The molecule has 1 saturated heterocycles. The minimum Gasteiger partial charge on any atom is -0.495 e. The Morgan fingerprint density at radius 2 is 1.86 bits per heavy atom. The summed E-state index contributed by atoms with van der Waals surface area (Å²) in [5.41, 5.74) is 4.43. The lowest BCUT2D eigenvalue weighted by atomic mass is 9.98. The lowest BCUT2D eigenvalue weighted by Gasteiger charge is -2.34. The fourth-order valence-electron chi connectivity index (χ4n) is 3.88. The highest BCUT2D eigenvalue weighted by Gasteiger charge is 2.24. The molecular formula is C23H32N3O2+. The number of hydrogen-bond donors (Lipinski definition) is 2. The molecule has 5 heteroatoms. The largest absolute Gasteiger partial charge is 0.495 e. The van der Waals surface area contributed by atoms with Gasteiger partial charge >= 0.3 is 0 Å². The predicted molar refractivity (Wildman–Crippen MR) is 115 cm³/mol. The second-order valence-electron chi connectivity index (χ2n) is 7.83. The smallest absolute Gasteiger partial charge is 0.279 e. The number of para-hydroxylation sites is 3. The van der Waals surface area contributed by atoms with Crippen LogP contribution in [0.2, 0.25) is 0 Å². The minimum atomic E-state index is 0.0944. The van der Waals surface area contributed by atoms with Crippen molar-refractivity contribution in [1.82, 2.24) is 0 Å². The van der Waals surface area contributed by atoms with Crippen LogP contribution in [-0.4, -0.2) is 45.7 Å². The number of ether oxygens (including phenoxy) is 1. The molecule has 28 heavy (non-hydrogen) atoms. The van der Waals surface area contributed by atoms with Gasteiger partial charge in [0.1, 0.15) is 5.75 Å². The van der Waals surface area contributed by atoms with Gasteiger partial charge in [-0.3, -0.25) is 4.79 Å². The van der Waals surface area contributed by atoms with Gasteiger partial charge in [-0.15, -0.1) is 0 Å². The van der Waals surface area contributed by atoms with Crippen molar-refractivity contribution in [3.63, 3.8) is 0 Å². The molecule has 1 amide bonds. The summed E-state index contributed by atoms with van der Waals surface area (Å²) in [6.07, 6.45) is 0. The van der Waals surface area contributed by atoms with Crippen molar-refractivity contribution >= 4 is 17.3 Å². The molecule has 5 nitrogen and oxygen atoms in total. The maximum Gasteiger partial charge on any atom is 0.279 e. The Balaban J connectivity index is 1.58. The number of carbonyl (C=O) groups is 1. The highest BCUT2D eigenvalue weighted by molar-refractivity contribution is 5.93. The van der Waals surface area contributed by atoms with Crippen LogP contribution in [0.4, 0.5) is 11.4 Å². The standard InChI is InChI=1S/C23H31N3O2/c1-17(2)19-9-7-8-18(3)23(19)24-22(27)16-25-12-14-26(15-13-25)20-10-5-6-11-21(20)28-4/h5-11,17H,12-16H2,1-4H3,(H,24,27)/p+1. The summed E-state index contributed by atoms with van der Waals surface area (Å²) in [5, 5.41) is 3.18. The molecule has 2 aromatic carbocycles. The van der Waals surface area contributed by atoms with Crippen molar-refractivity contribution in [2.45, 2.75) is 26.7 Å². The van der Waals surface area contributed by atoms with Gasteiger partial charge < -0.3 is 19.9 Å². The van der Waals surface area contributed by atoms with Crippen molar-refractivity contribution < 1.29 is 14.4 Å². The molecule has 0 spiro atoms. The highest BCUT2D eigenvalue weighted by Crippen LogP contribution is 2.28. The summed E-state index contributed by atoms with van der Waals surface area (Å²) < 4.78 is 5.49. The summed E-state index contributed by atoms with van der Waals surface area (Å²) in [4.78, 5) is 16.4. The zero-order valence-electron chi connectivity index (χ0n) is 17.4. The van der Waals surface area contributed by atoms with E-state index in [0.717, 1.165) is 48.9 Å². The van der Waals surface area contributed by atoms with Crippen molar-refractivity contribution in [2.75, 3.05) is 50.1 Å². The quantitative estimate of drug-likeness (QED) is 0.807. The SMILES string of the molecule is COc1ccccc1N1CC[NH+](CC(=O)Nc2c(C)cccc2C(C)C)CC1. The van der Waals surface area contributed by atoms with Gasteiger partial charge in [0.2, 0.25) is 0 Å². The molecule has 0 aromatic heterocycles. The van der Waals surface area contributed by atoms with E-state index in [4.69, 9.17) is 4.74 Å². The van der Waals surface area contributed by atoms with Gasteiger partial charge in [0, 0.05) is 5.69 Å². The van der Waals surface area contributed by atoms with E-state index < -0.39 is 0 Å². The highest BCUT2D eigenvalue weighted by atomic mass is 16.5. The number of rotatable bonds is 6. The zero-order chi connectivity index (χ0) is 20.1. The number of piperazine rings is 1. The second kappa shape index (κ2) is 9.11. The number of benzene rings is 2. The van der Waals surface area contributed by atoms with Crippen LogP contribution in [0, 0.1) is 6.92 Å². The fourth-order valence-corrected chi connectivity index (χ4v) is 3.88. The van der Waals surface area contributed by atoms with E-state index in [1.807, 2.05) is 18.2 Å². The van der Waals surface area contributed by atoms with Crippen LogP contribution in [0.5, 0.6) is 5.75 Å². The van der Waals surface area contributed by atoms with Crippen LogP contribution in [0.25, 0.3) is 0 Å². The molecule has 1 aliphatic heterocycles. The third-order valence-electron chi connectivity index (χ3n) is 5.50. The third kappa shape index (κ3) is 4.65. The minimum absolute atomic E-state index is 0.0944. The molecule has 0 unspecified atom stereocenters. The molecule has 0 bridgehead atoms. The second-order valence-corrected chi connectivity index (χ2v) is 7.83. The lowest BCUT2D eigenvalue weighted by molar-refractivity contribution is -0.892. The first-order valence-corrected chi connectivity index (χ1v) is 10.1. The number of carbonyl (C=O) groups excluding carboxylic acids is 1. The molecular weight excluding hydrogens is 350 g/mol. The Morgan fingerprint density at radius 3 is 2.54 bits per heavy atom. The average molecular weight is 383 g/mol. The summed E-state index contributed by atoms with van der Waals surface area (Å²) in [5.74, 6) is 1.38. The summed E-state index contributed by atoms with van der Waals surface area (Å²) in [7, 11) is 1.71. The van der Waals surface area contributed by atoms with Crippen LogP contribution >= 0.6 is 0 Å². The van der Waals surface area contributed by atoms with Crippen LogP contribution in [0.3, 0.4) is 0 Å². The Morgan fingerprint density at radius 1 is 1.14 bits per heavy atom. The maximum atomic E-state index is 12.7. The predicted octanol–water partition coefficient (Wildman–Crippen LogP) is 2.47. The number of quaternary nitrogens is 1. The number of methoxy groups -OCH3 is 1. The van der Waals surface area contributed by atoms with Gasteiger partial charge in [-0.05, 0) is 36.1 Å². The molecule has 0 atom stereocenters. The van der Waals surface area contributed by atoms with E-state index in [2.05, 4.69) is 55.3 Å². The van der Waals surface area contributed by atoms with E-state index in [1.165, 1.54) is 10.5 Å². The Hall–Kier alpha value is -2.53. The van der Waals surface area contributed by atoms with Crippen LogP contribution in [0.15, 0.2) is 42.5 Å². The number of nitrogens with one attached hydrogen (secondary N) is 2. The summed E-state index contributed by atoms with van der Waals surface area (Å²) in [6.45, 7) is 10.6. The molecule has 2 aromatic rings.